The van der Waals surface area contributed by atoms with Gasteiger partial charge in [0, 0.05) is 17.5 Å². The number of pyridine rings is 1. The van der Waals surface area contributed by atoms with Gasteiger partial charge in [-0.15, -0.1) is 11.3 Å². The van der Waals surface area contributed by atoms with Crippen LogP contribution < -0.4 is 16.0 Å². The third-order valence-corrected chi connectivity index (χ3v) is 7.01. The number of methoxy groups -OCH3 is 1. The molecule has 4 aromatic heterocycles. The summed E-state index contributed by atoms with van der Waals surface area (Å²) < 4.78 is 26.7. The van der Waals surface area contributed by atoms with Crippen LogP contribution >= 0.6 is 22.9 Å². The van der Waals surface area contributed by atoms with Crippen LogP contribution in [0.1, 0.15) is 17.5 Å². The molecule has 0 radical (unpaired) electrons. The molecule has 184 valence electrons. The average Bonchev–Trinajstić information content (AvgIpc) is 3.41. The monoisotopic (exact) mass is 529 g/mol. The zero-order valence-electron chi connectivity index (χ0n) is 19.1. The molecule has 36 heavy (non-hydrogen) atoms. The summed E-state index contributed by atoms with van der Waals surface area (Å²) in [5, 5.41) is 0.123. The van der Waals surface area contributed by atoms with Crippen molar-refractivity contribution in [3.05, 3.63) is 68.1 Å². The van der Waals surface area contributed by atoms with Gasteiger partial charge in [-0.05, 0) is 25.1 Å². The summed E-state index contributed by atoms with van der Waals surface area (Å²) >= 11 is 7.33. The number of fused-ring (bicyclic) bond motifs is 2. The number of carbonyl (C=O) groups excluding carboxylic acids is 1. The van der Waals surface area contributed by atoms with E-state index in [2.05, 4.69) is 15.0 Å². The van der Waals surface area contributed by atoms with Crippen molar-refractivity contribution in [2.45, 2.75) is 6.92 Å². The van der Waals surface area contributed by atoms with Gasteiger partial charge in [0.05, 0.1) is 47.9 Å². The van der Waals surface area contributed by atoms with Crippen LogP contribution in [0, 0.1) is 5.82 Å². The highest BCUT2D eigenvalue weighted by Gasteiger charge is 2.22. The molecule has 0 aliphatic carbocycles. The number of H-pyrrole nitrogens is 1. The highest BCUT2D eigenvalue weighted by molar-refractivity contribution is 7.22. The number of hydrogen-bond donors (Lipinski definition) is 1. The second-order valence-corrected chi connectivity index (χ2v) is 9.09. The molecule has 0 saturated carbocycles. The Morgan fingerprint density at radius 1 is 1.25 bits per heavy atom. The zero-order valence-corrected chi connectivity index (χ0v) is 20.7. The molecule has 0 amide bonds. The Balaban J connectivity index is 1.73. The predicted octanol–water partition coefficient (Wildman–Crippen LogP) is 3.67. The number of aromatic amines is 1. The number of hydrogen-bond acceptors (Lipinski definition) is 8. The van der Waals surface area contributed by atoms with Crippen LogP contribution in [0.3, 0.4) is 0 Å². The van der Waals surface area contributed by atoms with Crippen molar-refractivity contribution in [2.75, 3.05) is 13.7 Å². The lowest BCUT2D eigenvalue weighted by molar-refractivity contribution is 0.0508. The van der Waals surface area contributed by atoms with Crippen molar-refractivity contribution >= 4 is 50.2 Å². The van der Waals surface area contributed by atoms with E-state index in [0.29, 0.717) is 21.5 Å². The summed E-state index contributed by atoms with van der Waals surface area (Å²) in [5.41, 5.74) is 0.207. The minimum Gasteiger partial charge on any atom is -0.494 e. The summed E-state index contributed by atoms with van der Waals surface area (Å²) in [6, 6.07) is 4.14. The number of aryl methyl sites for hydroxylation is 1. The minimum atomic E-state index is -0.715. The van der Waals surface area contributed by atoms with Gasteiger partial charge in [-0.1, -0.05) is 11.6 Å². The first-order valence-corrected chi connectivity index (χ1v) is 11.7. The smallest absolute Gasteiger partial charge is 0.374 e. The molecular weight excluding hydrogens is 513 g/mol. The Labute approximate surface area is 210 Å². The number of aromatic nitrogens is 5. The maximum atomic E-state index is 14.0. The number of esters is 1. The largest absolute Gasteiger partial charge is 0.494 e. The molecule has 13 heteroatoms. The van der Waals surface area contributed by atoms with Crippen LogP contribution in [-0.4, -0.2) is 43.8 Å². The van der Waals surface area contributed by atoms with Gasteiger partial charge in [-0.3, -0.25) is 9.78 Å². The minimum absolute atomic E-state index is 0.00460. The Morgan fingerprint density at radius 3 is 2.75 bits per heavy atom. The second kappa shape index (κ2) is 8.88. The SMILES string of the molecule is CCOC(=O)c1nc2cncc(-n3c(=O)[nH]c4cc(-c5cc(OC)c(F)cc5Cl)sc4c3=O)c2n1C. The Kier molecular flexibility index (Phi) is 5.85. The van der Waals surface area contributed by atoms with E-state index in [-0.39, 0.29) is 39.1 Å². The molecule has 0 unspecified atom stereocenters. The molecule has 1 N–H and O–H groups in total. The van der Waals surface area contributed by atoms with Crippen molar-refractivity contribution in [3.8, 4) is 21.9 Å². The van der Waals surface area contributed by atoms with Crippen molar-refractivity contribution in [1.29, 1.82) is 0 Å². The van der Waals surface area contributed by atoms with Gasteiger partial charge in [0.15, 0.2) is 11.6 Å². The first-order chi connectivity index (χ1) is 17.2. The van der Waals surface area contributed by atoms with E-state index < -0.39 is 23.0 Å². The van der Waals surface area contributed by atoms with E-state index in [9.17, 15) is 18.8 Å². The summed E-state index contributed by atoms with van der Waals surface area (Å²) in [5.74, 6) is -1.27. The Morgan fingerprint density at radius 2 is 2.03 bits per heavy atom. The van der Waals surface area contributed by atoms with Gasteiger partial charge in [-0.25, -0.2) is 23.5 Å². The average molecular weight is 530 g/mol. The fraction of sp³-hybridized carbons (Fsp3) is 0.174. The number of thiophene rings is 1. The van der Waals surface area contributed by atoms with E-state index >= 15 is 0 Å². The number of nitrogens with one attached hydrogen (secondary N) is 1. The van der Waals surface area contributed by atoms with E-state index in [4.69, 9.17) is 21.1 Å². The number of halogens is 2. The molecule has 1 aromatic carbocycles. The van der Waals surface area contributed by atoms with E-state index in [0.717, 1.165) is 22.0 Å². The predicted molar refractivity (Wildman–Crippen MR) is 133 cm³/mol. The molecule has 4 heterocycles. The highest BCUT2D eigenvalue weighted by Crippen LogP contribution is 2.38. The number of imidazole rings is 1. The quantitative estimate of drug-likeness (QED) is 0.345. The van der Waals surface area contributed by atoms with Crippen LogP contribution in [0.2, 0.25) is 5.02 Å². The van der Waals surface area contributed by atoms with Crippen LogP contribution in [-0.2, 0) is 11.8 Å². The van der Waals surface area contributed by atoms with E-state index in [1.807, 2.05) is 0 Å². The zero-order chi connectivity index (χ0) is 25.7. The van der Waals surface area contributed by atoms with Crippen LogP contribution in [0.15, 0.2) is 40.2 Å². The van der Waals surface area contributed by atoms with E-state index in [1.165, 1.54) is 30.1 Å². The first-order valence-electron chi connectivity index (χ1n) is 10.5. The fourth-order valence-electron chi connectivity index (χ4n) is 3.93. The lowest BCUT2D eigenvalue weighted by atomic mass is 10.1. The van der Waals surface area contributed by atoms with Gasteiger partial charge in [0.2, 0.25) is 5.82 Å². The summed E-state index contributed by atoms with van der Waals surface area (Å²) in [6.45, 7) is 1.83. The van der Waals surface area contributed by atoms with Gasteiger partial charge in [-0.2, -0.15) is 0 Å². The van der Waals surface area contributed by atoms with Crippen molar-refractivity contribution < 1.29 is 18.7 Å². The first kappa shape index (κ1) is 23.7. The third-order valence-electron chi connectivity index (χ3n) is 5.54. The molecular formula is C23H17ClFN5O5S. The molecule has 0 atom stereocenters. The molecule has 5 rings (SSSR count). The van der Waals surface area contributed by atoms with Crippen LogP contribution in [0.25, 0.3) is 37.4 Å². The maximum absolute atomic E-state index is 14.0. The summed E-state index contributed by atoms with van der Waals surface area (Å²) in [6.07, 6.45) is 2.77. The molecule has 0 saturated heterocycles. The van der Waals surface area contributed by atoms with Crippen molar-refractivity contribution in [3.63, 3.8) is 0 Å². The summed E-state index contributed by atoms with van der Waals surface area (Å²) in [4.78, 5) is 50.5. The maximum Gasteiger partial charge on any atom is 0.374 e. The molecule has 5 aromatic rings. The number of benzene rings is 1. The van der Waals surface area contributed by atoms with Crippen LogP contribution in [0.4, 0.5) is 4.39 Å². The topological polar surface area (TPSA) is 121 Å². The number of carbonyl (C=O) groups is 1. The van der Waals surface area contributed by atoms with Gasteiger partial charge < -0.3 is 19.0 Å². The standard InChI is InChI=1S/C23H17ClFN5O5S/c1-4-35-22(32)20-27-14-8-26-9-15(18(14)29(20)2)30-21(31)19-13(28-23(30)33)7-17(36-19)10-5-16(34-3)12(25)6-11(10)24/h5-9H,4H2,1-3H3,(H,28,33). The fourth-order valence-corrected chi connectivity index (χ4v) is 5.31. The molecule has 0 bridgehead atoms. The Bertz CT molecular complexity index is 1810. The number of ether oxygens (including phenoxy) is 2. The van der Waals surface area contributed by atoms with Crippen molar-refractivity contribution in [1.82, 2.24) is 24.1 Å². The third kappa shape index (κ3) is 3.65. The molecule has 0 spiro atoms. The molecule has 10 nitrogen and oxygen atoms in total. The van der Waals surface area contributed by atoms with Gasteiger partial charge in [0.1, 0.15) is 10.2 Å². The van der Waals surface area contributed by atoms with E-state index in [1.54, 1.807) is 20.0 Å². The lowest BCUT2D eigenvalue weighted by Crippen LogP contribution is -2.33. The van der Waals surface area contributed by atoms with Crippen molar-refractivity contribution in [2.24, 2.45) is 7.05 Å². The number of rotatable bonds is 5. The normalized spacial score (nSPS) is 11.4. The lowest BCUT2D eigenvalue weighted by Gasteiger charge is -2.08. The molecule has 0 aliphatic rings. The second-order valence-electron chi connectivity index (χ2n) is 7.63. The van der Waals surface area contributed by atoms with Gasteiger partial charge >= 0.3 is 11.7 Å². The molecule has 0 fully saturated rings. The summed E-state index contributed by atoms with van der Waals surface area (Å²) in [7, 11) is 2.91. The Hall–Kier alpha value is -4.03. The van der Waals surface area contributed by atoms with Gasteiger partial charge in [0.25, 0.3) is 5.56 Å². The highest BCUT2D eigenvalue weighted by atomic mass is 35.5. The molecule has 0 aliphatic heterocycles. The van der Waals surface area contributed by atoms with Crippen LogP contribution in [0.5, 0.6) is 5.75 Å². The number of nitrogens with zero attached hydrogens (tertiary/aromatic N) is 4.